The summed E-state index contributed by atoms with van der Waals surface area (Å²) in [5.74, 6) is 0. The van der Waals surface area contributed by atoms with Gasteiger partial charge in [0.15, 0.2) is 0 Å². The fraction of sp³-hybridized carbons (Fsp3) is 0.375. The van der Waals surface area contributed by atoms with Crippen LogP contribution in [0.2, 0.25) is 0 Å². The highest BCUT2D eigenvalue weighted by atomic mass is 16.6. The molecule has 4 nitrogen and oxygen atoms in total. The number of ether oxygens (including phenoxy) is 1. The Morgan fingerprint density at radius 1 is 1.25 bits per heavy atom. The van der Waals surface area contributed by atoms with Crippen LogP contribution in [0.15, 0.2) is 30.3 Å². The minimum atomic E-state index is -0.488. The van der Waals surface area contributed by atoms with E-state index in [9.17, 15) is 4.79 Å². The van der Waals surface area contributed by atoms with Gasteiger partial charge in [0, 0.05) is 17.6 Å². The predicted octanol–water partition coefficient (Wildman–Crippen LogP) is 3.57. The van der Waals surface area contributed by atoms with E-state index in [1.165, 1.54) is 0 Å². The van der Waals surface area contributed by atoms with Crippen molar-refractivity contribution >= 4 is 17.0 Å². The number of aromatic nitrogens is 1. The van der Waals surface area contributed by atoms with Gasteiger partial charge >= 0.3 is 6.09 Å². The van der Waals surface area contributed by atoms with Crippen LogP contribution in [0.5, 0.6) is 0 Å². The molecule has 1 N–H and O–H groups in total. The molecule has 1 heterocycles. The number of amides is 1. The minimum Gasteiger partial charge on any atom is -0.444 e. The molecule has 106 valence electrons. The number of carbonyl (C=O) groups excluding carboxylic acids is 1. The molecule has 0 bridgehead atoms. The second-order valence-electron chi connectivity index (χ2n) is 5.80. The van der Waals surface area contributed by atoms with Crippen molar-refractivity contribution in [1.29, 1.82) is 0 Å². The Kier molecular flexibility index (Phi) is 3.93. The van der Waals surface area contributed by atoms with Crippen LogP contribution < -0.4 is 5.32 Å². The summed E-state index contributed by atoms with van der Waals surface area (Å²) in [6.07, 6.45) is -0.415. The number of nitrogens with zero attached hydrogens (tertiary/aromatic N) is 1. The summed E-state index contributed by atoms with van der Waals surface area (Å²) in [6.45, 7) is 7.89. The highest BCUT2D eigenvalue weighted by Crippen LogP contribution is 2.17. The molecule has 1 amide bonds. The first-order valence-electron chi connectivity index (χ1n) is 6.67. The minimum absolute atomic E-state index is 0.405. The molecule has 0 spiro atoms. The number of hydrogen-bond acceptors (Lipinski definition) is 3. The van der Waals surface area contributed by atoms with Crippen molar-refractivity contribution in [3.63, 3.8) is 0 Å². The van der Waals surface area contributed by atoms with Gasteiger partial charge in [-0.2, -0.15) is 0 Å². The number of fused-ring (bicyclic) bond motifs is 1. The van der Waals surface area contributed by atoms with Crippen molar-refractivity contribution in [2.45, 2.75) is 39.8 Å². The van der Waals surface area contributed by atoms with Gasteiger partial charge in [-0.3, -0.25) is 4.98 Å². The molecule has 4 heteroatoms. The van der Waals surface area contributed by atoms with Gasteiger partial charge in [-0.1, -0.05) is 24.3 Å². The third kappa shape index (κ3) is 3.70. The number of nitrogens with one attached hydrogen (secondary N) is 1. The van der Waals surface area contributed by atoms with Crippen LogP contribution in [0.4, 0.5) is 4.79 Å². The zero-order valence-corrected chi connectivity index (χ0v) is 12.4. The van der Waals surface area contributed by atoms with Crippen molar-refractivity contribution < 1.29 is 9.53 Å². The number of aryl methyl sites for hydroxylation is 1. The molecule has 0 saturated heterocycles. The molecule has 0 aliphatic carbocycles. The number of hydrogen-bond donors (Lipinski definition) is 1. The van der Waals surface area contributed by atoms with Crippen LogP contribution in [-0.4, -0.2) is 16.7 Å². The zero-order chi connectivity index (χ0) is 14.8. The van der Waals surface area contributed by atoms with E-state index in [-0.39, 0.29) is 0 Å². The lowest BCUT2D eigenvalue weighted by Gasteiger charge is -2.19. The quantitative estimate of drug-likeness (QED) is 0.909. The van der Waals surface area contributed by atoms with E-state index in [0.29, 0.717) is 6.54 Å². The van der Waals surface area contributed by atoms with Gasteiger partial charge < -0.3 is 10.1 Å². The lowest BCUT2D eigenvalue weighted by atomic mass is 10.1. The van der Waals surface area contributed by atoms with Crippen molar-refractivity contribution in [2.75, 3.05) is 0 Å². The number of benzene rings is 1. The Balaban J connectivity index is 2.14. The Morgan fingerprint density at radius 3 is 2.70 bits per heavy atom. The standard InChI is InChI=1S/C16H20N2O2/c1-11-8-9-12-6-5-7-13(14(12)18-11)10-17-15(19)20-16(2,3)4/h5-9H,10H2,1-4H3,(H,17,19). The summed E-state index contributed by atoms with van der Waals surface area (Å²) >= 11 is 0. The molecule has 2 rings (SSSR count). The van der Waals surface area contributed by atoms with Crippen LogP contribution in [0.25, 0.3) is 10.9 Å². The molecule has 0 fully saturated rings. The fourth-order valence-corrected chi connectivity index (χ4v) is 1.93. The maximum absolute atomic E-state index is 11.7. The molecule has 1 aromatic carbocycles. The molecular weight excluding hydrogens is 252 g/mol. The lowest BCUT2D eigenvalue weighted by molar-refractivity contribution is 0.0524. The normalized spacial score (nSPS) is 11.4. The van der Waals surface area contributed by atoms with E-state index < -0.39 is 11.7 Å². The average Bonchev–Trinajstić information content (AvgIpc) is 2.34. The highest BCUT2D eigenvalue weighted by Gasteiger charge is 2.16. The number of alkyl carbamates (subject to hydrolysis) is 1. The van der Waals surface area contributed by atoms with Gasteiger partial charge in [0.05, 0.1) is 5.52 Å². The van der Waals surface area contributed by atoms with Crippen LogP contribution >= 0.6 is 0 Å². The molecule has 0 unspecified atom stereocenters. The molecule has 0 saturated carbocycles. The maximum Gasteiger partial charge on any atom is 0.407 e. The van der Waals surface area contributed by atoms with Gasteiger partial charge in [0.25, 0.3) is 0 Å². The van der Waals surface area contributed by atoms with E-state index in [0.717, 1.165) is 22.2 Å². The summed E-state index contributed by atoms with van der Waals surface area (Å²) in [5, 5.41) is 3.83. The summed E-state index contributed by atoms with van der Waals surface area (Å²) in [7, 11) is 0. The smallest absolute Gasteiger partial charge is 0.407 e. The van der Waals surface area contributed by atoms with Gasteiger partial charge in [-0.05, 0) is 39.3 Å². The molecule has 0 aliphatic heterocycles. The van der Waals surface area contributed by atoms with Gasteiger partial charge in [-0.15, -0.1) is 0 Å². The summed E-state index contributed by atoms with van der Waals surface area (Å²) in [6, 6.07) is 9.96. The monoisotopic (exact) mass is 272 g/mol. The van der Waals surface area contributed by atoms with Gasteiger partial charge in [0.1, 0.15) is 5.60 Å². The summed E-state index contributed by atoms with van der Waals surface area (Å²) in [4.78, 5) is 16.2. The molecule has 20 heavy (non-hydrogen) atoms. The van der Waals surface area contributed by atoms with Crippen LogP contribution in [-0.2, 0) is 11.3 Å². The topological polar surface area (TPSA) is 51.2 Å². The van der Waals surface area contributed by atoms with Crippen molar-refractivity contribution in [1.82, 2.24) is 10.3 Å². The Hall–Kier alpha value is -2.10. The zero-order valence-electron chi connectivity index (χ0n) is 12.4. The second kappa shape index (κ2) is 5.49. The Morgan fingerprint density at radius 2 is 2.00 bits per heavy atom. The third-order valence-corrected chi connectivity index (χ3v) is 2.77. The lowest BCUT2D eigenvalue weighted by Crippen LogP contribution is -2.32. The molecule has 0 atom stereocenters. The van der Waals surface area contributed by atoms with Crippen molar-refractivity contribution in [3.8, 4) is 0 Å². The maximum atomic E-state index is 11.7. The highest BCUT2D eigenvalue weighted by molar-refractivity contribution is 5.82. The molecule has 2 aromatic rings. The molecular formula is C16H20N2O2. The number of rotatable bonds is 2. The van der Waals surface area contributed by atoms with Gasteiger partial charge in [-0.25, -0.2) is 4.79 Å². The van der Waals surface area contributed by atoms with E-state index in [4.69, 9.17) is 4.74 Å². The average molecular weight is 272 g/mol. The second-order valence-corrected chi connectivity index (χ2v) is 5.80. The summed E-state index contributed by atoms with van der Waals surface area (Å²) < 4.78 is 5.22. The van der Waals surface area contributed by atoms with E-state index >= 15 is 0 Å². The van der Waals surface area contributed by atoms with Crippen LogP contribution in [0, 0.1) is 6.92 Å². The van der Waals surface area contributed by atoms with Crippen molar-refractivity contribution in [2.24, 2.45) is 0 Å². The largest absolute Gasteiger partial charge is 0.444 e. The number of para-hydroxylation sites is 1. The van der Waals surface area contributed by atoms with Crippen LogP contribution in [0.1, 0.15) is 32.0 Å². The van der Waals surface area contributed by atoms with Gasteiger partial charge in [0.2, 0.25) is 0 Å². The Labute approximate surface area is 119 Å². The number of carbonyl (C=O) groups is 1. The SMILES string of the molecule is Cc1ccc2cccc(CNC(=O)OC(C)(C)C)c2n1. The Bertz CT molecular complexity index is 630. The third-order valence-electron chi connectivity index (χ3n) is 2.77. The summed E-state index contributed by atoms with van der Waals surface area (Å²) in [5.41, 5.74) is 2.38. The van der Waals surface area contributed by atoms with E-state index in [1.807, 2.05) is 58.0 Å². The molecule has 0 aliphatic rings. The fourth-order valence-electron chi connectivity index (χ4n) is 1.93. The van der Waals surface area contributed by atoms with E-state index in [2.05, 4.69) is 10.3 Å². The predicted molar refractivity (Wildman–Crippen MR) is 79.6 cm³/mol. The molecule has 1 aromatic heterocycles. The number of pyridine rings is 1. The van der Waals surface area contributed by atoms with Crippen molar-refractivity contribution in [3.05, 3.63) is 41.6 Å². The van der Waals surface area contributed by atoms with Crippen LogP contribution in [0.3, 0.4) is 0 Å². The molecule has 0 radical (unpaired) electrons. The first kappa shape index (κ1) is 14.3. The van der Waals surface area contributed by atoms with E-state index in [1.54, 1.807) is 0 Å². The first-order valence-corrected chi connectivity index (χ1v) is 6.67. The first-order chi connectivity index (χ1) is 9.35.